The van der Waals surface area contributed by atoms with Gasteiger partial charge in [-0.25, -0.2) is 0 Å². The van der Waals surface area contributed by atoms with Crippen LogP contribution in [0.2, 0.25) is 0 Å². The molecule has 3 N–H and O–H groups in total. The van der Waals surface area contributed by atoms with Crippen LogP contribution >= 0.6 is 12.2 Å². The molecule has 3 nitrogen and oxygen atoms in total. The van der Waals surface area contributed by atoms with Gasteiger partial charge in [-0.3, -0.25) is 0 Å². The zero-order valence-electron chi connectivity index (χ0n) is 10.7. The van der Waals surface area contributed by atoms with E-state index >= 15 is 0 Å². The quantitative estimate of drug-likeness (QED) is 0.743. The normalized spacial score (nSPS) is 16.3. The molecule has 1 fully saturated rings. The van der Waals surface area contributed by atoms with E-state index in [1.54, 1.807) is 7.11 Å². The zero-order chi connectivity index (χ0) is 13.0. The van der Waals surface area contributed by atoms with Crippen molar-refractivity contribution in [3.05, 3.63) is 29.8 Å². The van der Waals surface area contributed by atoms with Crippen molar-refractivity contribution < 1.29 is 4.74 Å². The van der Waals surface area contributed by atoms with E-state index in [1.165, 1.54) is 12.8 Å². The molecule has 1 saturated carbocycles. The van der Waals surface area contributed by atoms with Crippen molar-refractivity contribution >= 4 is 22.9 Å². The molecule has 0 heterocycles. The van der Waals surface area contributed by atoms with Crippen LogP contribution in [0.5, 0.6) is 0 Å². The lowest BCUT2D eigenvalue weighted by molar-refractivity contribution is 0.175. The second kappa shape index (κ2) is 5.67. The number of ether oxygens (including phenoxy) is 1. The summed E-state index contributed by atoms with van der Waals surface area (Å²) in [7, 11) is 1.76. The minimum Gasteiger partial charge on any atom is -0.389 e. The summed E-state index contributed by atoms with van der Waals surface area (Å²) in [5.41, 5.74) is 8.10. The fourth-order valence-electron chi connectivity index (χ4n) is 2.15. The van der Waals surface area contributed by atoms with E-state index in [2.05, 4.69) is 5.32 Å². The van der Waals surface area contributed by atoms with E-state index in [0.29, 0.717) is 10.4 Å². The predicted molar refractivity (Wildman–Crippen MR) is 79.0 cm³/mol. The Morgan fingerprint density at radius 2 is 2.17 bits per heavy atom. The maximum atomic E-state index is 5.72. The van der Waals surface area contributed by atoms with Crippen LogP contribution in [0.15, 0.2) is 24.3 Å². The van der Waals surface area contributed by atoms with Gasteiger partial charge in [-0.2, -0.15) is 0 Å². The number of rotatable bonds is 7. The van der Waals surface area contributed by atoms with Gasteiger partial charge in [0.25, 0.3) is 0 Å². The lowest BCUT2D eigenvalue weighted by Crippen LogP contribution is -2.20. The second-order valence-electron chi connectivity index (χ2n) is 5.01. The first kappa shape index (κ1) is 13.3. The first-order chi connectivity index (χ1) is 8.67. The minimum absolute atomic E-state index is 0.416. The molecule has 2 rings (SSSR count). The van der Waals surface area contributed by atoms with E-state index in [4.69, 9.17) is 22.7 Å². The van der Waals surface area contributed by atoms with Crippen molar-refractivity contribution in [2.24, 2.45) is 11.1 Å². The van der Waals surface area contributed by atoms with E-state index in [0.717, 1.165) is 30.8 Å². The van der Waals surface area contributed by atoms with Gasteiger partial charge in [0.2, 0.25) is 0 Å². The molecule has 0 amide bonds. The Morgan fingerprint density at radius 3 is 2.78 bits per heavy atom. The van der Waals surface area contributed by atoms with Crippen molar-refractivity contribution in [2.75, 3.05) is 25.6 Å². The average molecular weight is 264 g/mol. The van der Waals surface area contributed by atoms with Gasteiger partial charge in [-0.1, -0.05) is 24.4 Å². The Hall–Kier alpha value is -1.13. The monoisotopic (exact) mass is 264 g/mol. The molecule has 1 aromatic carbocycles. The maximum absolute atomic E-state index is 5.72. The Morgan fingerprint density at radius 1 is 1.44 bits per heavy atom. The summed E-state index contributed by atoms with van der Waals surface area (Å²) in [6, 6.07) is 7.94. The molecule has 1 aliphatic rings. The van der Waals surface area contributed by atoms with E-state index in [9.17, 15) is 0 Å². The summed E-state index contributed by atoms with van der Waals surface area (Å²) in [5, 5.41) is 3.48. The predicted octanol–water partition coefficient (Wildman–Crippen LogP) is 2.55. The number of nitrogens with two attached hydrogens (primary N) is 1. The SMILES string of the molecule is COCCC1(CNc2ccccc2C(N)=S)CC1. The largest absolute Gasteiger partial charge is 0.389 e. The summed E-state index contributed by atoms with van der Waals surface area (Å²) < 4.78 is 5.16. The molecule has 0 radical (unpaired) electrons. The van der Waals surface area contributed by atoms with Crippen molar-refractivity contribution in [1.82, 2.24) is 0 Å². The third-order valence-electron chi connectivity index (χ3n) is 3.64. The first-order valence-corrected chi connectivity index (χ1v) is 6.69. The van der Waals surface area contributed by atoms with Crippen molar-refractivity contribution in [2.45, 2.75) is 19.3 Å². The Balaban J connectivity index is 1.96. The maximum Gasteiger partial charge on any atom is 0.106 e. The number of hydrogen-bond donors (Lipinski definition) is 2. The van der Waals surface area contributed by atoms with Gasteiger partial charge in [0, 0.05) is 31.5 Å². The molecule has 0 aromatic heterocycles. The molecular formula is C14H20N2OS. The highest BCUT2D eigenvalue weighted by molar-refractivity contribution is 7.80. The van der Waals surface area contributed by atoms with E-state index in [-0.39, 0.29) is 0 Å². The second-order valence-corrected chi connectivity index (χ2v) is 5.45. The lowest BCUT2D eigenvalue weighted by Gasteiger charge is -2.18. The molecular weight excluding hydrogens is 244 g/mol. The molecule has 0 atom stereocenters. The topological polar surface area (TPSA) is 47.3 Å². The number of hydrogen-bond acceptors (Lipinski definition) is 3. The Bertz CT molecular complexity index is 430. The summed E-state index contributed by atoms with van der Waals surface area (Å²) >= 11 is 5.06. The number of thiocarbonyl (C=S) groups is 1. The fraction of sp³-hybridized carbons (Fsp3) is 0.500. The fourth-order valence-corrected chi connectivity index (χ4v) is 2.32. The molecule has 0 bridgehead atoms. The van der Waals surface area contributed by atoms with Gasteiger partial charge in [0.1, 0.15) is 4.99 Å². The Labute approximate surface area is 114 Å². The number of nitrogens with one attached hydrogen (secondary N) is 1. The van der Waals surface area contributed by atoms with Crippen molar-refractivity contribution in [3.8, 4) is 0 Å². The summed E-state index contributed by atoms with van der Waals surface area (Å²) in [5.74, 6) is 0. The average Bonchev–Trinajstić information content (AvgIpc) is 3.15. The summed E-state index contributed by atoms with van der Waals surface area (Å²) in [6.45, 7) is 1.80. The first-order valence-electron chi connectivity index (χ1n) is 6.28. The van der Waals surface area contributed by atoms with Gasteiger partial charge < -0.3 is 15.8 Å². The van der Waals surface area contributed by atoms with Gasteiger partial charge in [-0.05, 0) is 36.8 Å². The van der Waals surface area contributed by atoms with Crippen molar-refractivity contribution in [1.29, 1.82) is 0 Å². The standard InChI is InChI=1S/C14H20N2OS/c1-17-9-8-14(6-7-14)10-16-12-5-3-2-4-11(12)13(15)18/h2-5,16H,6-10H2,1H3,(H2,15,18). The molecule has 0 unspecified atom stereocenters. The minimum atomic E-state index is 0.416. The van der Waals surface area contributed by atoms with Gasteiger partial charge >= 0.3 is 0 Å². The number of methoxy groups -OCH3 is 1. The number of benzene rings is 1. The highest BCUT2D eigenvalue weighted by Gasteiger charge is 2.41. The van der Waals surface area contributed by atoms with Crippen LogP contribution in [0, 0.1) is 5.41 Å². The smallest absolute Gasteiger partial charge is 0.106 e. The number of anilines is 1. The van der Waals surface area contributed by atoms with Gasteiger partial charge in [0.15, 0.2) is 0 Å². The molecule has 0 aliphatic heterocycles. The molecule has 4 heteroatoms. The number of para-hydroxylation sites is 1. The molecule has 0 saturated heterocycles. The van der Waals surface area contributed by atoms with Crippen molar-refractivity contribution in [3.63, 3.8) is 0 Å². The zero-order valence-corrected chi connectivity index (χ0v) is 11.6. The molecule has 1 aliphatic carbocycles. The molecule has 1 aromatic rings. The molecule has 98 valence electrons. The van der Waals surface area contributed by atoms with E-state index in [1.807, 2.05) is 24.3 Å². The summed E-state index contributed by atoms with van der Waals surface area (Å²) in [6.07, 6.45) is 3.67. The molecule has 18 heavy (non-hydrogen) atoms. The van der Waals surface area contributed by atoms with Crippen LogP contribution in [-0.2, 0) is 4.74 Å². The van der Waals surface area contributed by atoms with Crippen LogP contribution in [0.4, 0.5) is 5.69 Å². The van der Waals surface area contributed by atoms with Crippen LogP contribution in [0.25, 0.3) is 0 Å². The third kappa shape index (κ3) is 3.21. The van der Waals surface area contributed by atoms with Crippen LogP contribution in [0.3, 0.4) is 0 Å². The highest BCUT2D eigenvalue weighted by atomic mass is 32.1. The van der Waals surface area contributed by atoms with Gasteiger partial charge in [0.05, 0.1) is 0 Å². The summed E-state index contributed by atoms with van der Waals surface area (Å²) in [4.78, 5) is 0.444. The van der Waals surface area contributed by atoms with Crippen LogP contribution in [0.1, 0.15) is 24.8 Å². The van der Waals surface area contributed by atoms with Crippen LogP contribution in [-0.4, -0.2) is 25.2 Å². The van der Waals surface area contributed by atoms with Crippen LogP contribution < -0.4 is 11.1 Å². The third-order valence-corrected chi connectivity index (χ3v) is 3.86. The lowest BCUT2D eigenvalue weighted by atomic mass is 10.0. The highest BCUT2D eigenvalue weighted by Crippen LogP contribution is 2.48. The van der Waals surface area contributed by atoms with Gasteiger partial charge in [-0.15, -0.1) is 0 Å². The molecule has 0 spiro atoms. The Kier molecular flexibility index (Phi) is 4.19. The van der Waals surface area contributed by atoms with E-state index < -0.39 is 0 Å².